The lowest BCUT2D eigenvalue weighted by atomic mass is 9.89. The number of thiophene rings is 1. The number of fused-ring (bicyclic) bond motifs is 1. The third-order valence-corrected chi connectivity index (χ3v) is 9.79. The van der Waals surface area contributed by atoms with Crippen LogP contribution >= 0.6 is 34.7 Å². The van der Waals surface area contributed by atoms with Crippen molar-refractivity contribution < 1.29 is 14.3 Å². The van der Waals surface area contributed by atoms with Crippen LogP contribution in [0.3, 0.4) is 0 Å². The molecule has 208 valence electrons. The lowest BCUT2D eigenvalue weighted by Crippen LogP contribution is -2.44. The molecule has 1 amide bonds. The summed E-state index contributed by atoms with van der Waals surface area (Å²) in [5.74, 6) is 0.691. The van der Waals surface area contributed by atoms with Gasteiger partial charge in [0.25, 0.3) is 5.91 Å². The summed E-state index contributed by atoms with van der Waals surface area (Å²) >= 11 is 14.5. The van der Waals surface area contributed by atoms with Gasteiger partial charge in [0.1, 0.15) is 10.6 Å². The SMILES string of the molecule is COc1ccc(-c2ccc(C(C)=O)cc2)cc1CN(C(=O)c1sc2ccccc2c1Cl)C1CCC(N(C)Cl)CC1. The monoisotopic (exact) mass is 594 g/mol. The average Bonchev–Trinajstić information content (AvgIpc) is 3.31. The molecule has 1 saturated carbocycles. The smallest absolute Gasteiger partial charge is 0.266 e. The number of hydrogen-bond acceptors (Lipinski definition) is 5. The molecule has 1 fully saturated rings. The summed E-state index contributed by atoms with van der Waals surface area (Å²) < 4.78 is 8.51. The van der Waals surface area contributed by atoms with Gasteiger partial charge in [0.05, 0.1) is 12.1 Å². The first-order valence-corrected chi connectivity index (χ1v) is 14.9. The number of rotatable bonds is 8. The summed E-state index contributed by atoms with van der Waals surface area (Å²) in [5.41, 5.74) is 3.57. The molecule has 3 aromatic carbocycles. The van der Waals surface area contributed by atoms with Gasteiger partial charge in [-0.2, -0.15) is 0 Å². The molecule has 0 spiro atoms. The van der Waals surface area contributed by atoms with Crippen molar-refractivity contribution in [3.63, 3.8) is 0 Å². The molecular formula is C32H32Cl2N2O3S. The first-order valence-electron chi connectivity index (χ1n) is 13.4. The molecule has 0 N–H and O–H groups in total. The predicted molar refractivity (Wildman–Crippen MR) is 165 cm³/mol. The molecule has 1 aliphatic carbocycles. The fourth-order valence-corrected chi connectivity index (χ4v) is 7.20. The van der Waals surface area contributed by atoms with Crippen molar-refractivity contribution in [1.82, 2.24) is 9.32 Å². The van der Waals surface area contributed by atoms with E-state index in [1.807, 2.05) is 72.6 Å². The van der Waals surface area contributed by atoms with Crippen LogP contribution in [0.1, 0.15) is 58.2 Å². The number of halogens is 2. The van der Waals surface area contributed by atoms with Gasteiger partial charge in [-0.05, 0) is 73.7 Å². The minimum atomic E-state index is -0.0628. The first-order chi connectivity index (χ1) is 19.3. The highest BCUT2D eigenvalue weighted by Crippen LogP contribution is 2.38. The van der Waals surface area contributed by atoms with Crippen LogP contribution in [-0.2, 0) is 6.54 Å². The van der Waals surface area contributed by atoms with E-state index >= 15 is 0 Å². The Morgan fingerprint density at radius 3 is 2.23 bits per heavy atom. The minimum Gasteiger partial charge on any atom is -0.496 e. The number of methoxy groups -OCH3 is 1. The molecule has 4 aromatic rings. The number of ether oxygens (including phenoxy) is 1. The Balaban J connectivity index is 1.51. The molecule has 8 heteroatoms. The van der Waals surface area contributed by atoms with Crippen molar-refractivity contribution in [3.05, 3.63) is 87.8 Å². The largest absolute Gasteiger partial charge is 0.496 e. The number of Topliss-reactive ketones (excluding diaryl/α,β-unsaturated/α-hetero) is 1. The van der Waals surface area contributed by atoms with Crippen LogP contribution in [0.5, 0.6) is 5.75 Å². The van der Waals surface area contributed by atoms with E-state index in [-0.39, 0.29) is 17.7 Å². The molecule has 40 heavy (non-hydrogen) atoms. The molecule has 1 heterocycles. The van der Waals surface area contributed by atoms with Crippen molar-refractivity contribution in [2.45, 2.75) is 51.2 Å². The Hall–Kier alpha value is -2.90. The molecule has 5 nitrogen and oxygen atoms in total. The second-order valence-corrected chi connectivity index (χ2v) is 12.3. The van der Waals surface area contributed by atoms with Crippen LogP contribution in [0.15, 0.2) is 66.7 Å². The Labute approximate surface area is 249 Å². The van der Waals surface area contributed by atoms with Gasteiger partial charge < -0.3 is 9.64 Å². The quantitative estimate of drug-likeness (QED) is 0.152. The molecule has 1 aromatic heterocycles. The van der Waals surface area contributed by atoms with Crippen LogP contribution < -0.4 is 4.74 Å². The Kier molecular flexibility index (Phi) is 8.81. The Morgan fingerprint density at radius 2 is 1.60 bits per heavy atom. The number of carbonyl (C=O) groups excluding carboxylic acids is 2. The van der Waals surface area contributed by atoms with E-state index in [4.69, 9.17) is 28.1 Å². The van der Waals surface area contributed by atoms with Crippen LogP contribution in [0.2, 0.25) is 5.02 Å². The number of carbonyl (C=O) groups is 2. The summed E-state index contributed by atoms with van der Waals surface area (Å²) in [5, 5.41) is 1.41. The van der Waals surface area contributed by atoms with Gasteiger partial charge in [-0.3, -0.25) is 9.59 Å². The molecule has 0 saturated heterocycles. The minimum absolute atomic E-state index is 0.0334. The van der Waals surface area contributed by atoms with Gasteiger partial charge in [0.2, 0.25) is 0 Å². The highest BCUT2D eigenvalue weighted by Gasteiger charge is 2.33. The summed E-state index contributed by atoms with van der Waals surface area (Å²) in [6.07, 6.45) is 3.53. The van der Waals surface area contributed by atoms with Crippen molar-refractivity contribution in [1.29, 1.82) is 0 Å². The summed E-state index contributed by atoms with van der Waals surface area (Å²) in [6, 6.07) is 21.8. The van der Waals surface area contributed by atoms with E-state index in [1.165, 1.54) is 11.3 Å². The zero-order chi connectivity index (χ0) is 28.4. The summed E-state index contributed by atoms with van der Waals surface area (Å²) in [6.45, 7) is 1.95. The van der Waals surface area contributed by atoms with Crippen molar-refractivity contribution in [2.24, 2.45) is 0 Å². The standard InChI is InChI=1S/C32H32Cl2N2O3S/c1-20(37)21-8-10-22(11-9-21)23-12-17-28(39-3)24(18-23)19-36(26-15-13-25(14-16-26)35(2)34)32(38)31-30(33)27-6-4-5-7-29(27)40-31/h4-12,17-18,25-26H,13-16,19H2,1-3H3. The number of hydrogen-bond donors (Lipinski definition) is 0. The van der Waals surface area contributed by atoms with E-state index in [9.17, 15) is 9.59 Å². The lowest BCUT2D eigenvalue weighted by molar-refractivity contribution is 0.0589. The third kappa shape index (κ3) is 5.91. The second-order valence-electron chi connectivity index (χ2n) is 10.3. The normalized spacial score (nSPS) is 17.2. The van der Waals surface area contributed by atoms with E-state index in [2.05, 4.69) is 6.07 Å². The van der Waals surface area contributed by atoms with Gasteiger partial charge in [-0.1, -0.05) is 60.1 Å². The van der Waals surface area contributed by atoms with Crippen molar-refractivity contribution in [3.8, 4) is 16.9 Å². The Bertz CT molecular complexity index is 1530. The molecule has 0 aliphatic heterocycles. The van der Waals surface area contributed by atoms with Crippen LogP contribution in [0.4, 0.5) is 0 Å². The van der Waals surface area contributed by atoms with Crippen LogP contribution in [0, 0.1) is 0 Å². The topological polar surface area (TPSA) is 49.9 Å². The zero-order valence-corrected chi connectivity index (χ0v) is 25.2. The molecule has 0 radical (unpaired) electrons. The fourth-order valence-electron chi connectivity index (χ4n) is 5.54. The van der Waals surface area contributed by atoms with E-state index in [1.54, 1.807) is 18.5 Å². The zero-order valence-electron chi connectivity index (χ0n) is 22.8. The van der Waals surface area contributed by atoms with Gasteiger partial charge >= 0.3 is 0 Å². The molecule has 0 bridgehead atoms. The Morgan fingerprint density at radius 1 is 0.950 bits per heavy atom. The number of amides is 1. The van der Waals surface area contributed by atoms with Gasteiger partial charge in [0, 0.05) is 46.9 Å². The van der Waals surface area contributed by atoms with E-state index in [0.717, 1.165) is 58.2 Å². The van der Waals surface area contributed by atoms with Crippen molar-refractivity contribution >= 4 is 56.5 Å². The number of ketones is 1. The lowest BCUT2D eigenvalue weighted by Gasteiger charge is -2.38. The fraction of sp³-hybridized carbons (Fsp3) is 0.312. The van der Waals surface area contributed by atoms with Crippen LogP contribution in [-0.4, -0.2) is 47.3 Å². The molecular weight excluding hydrogens is 563 g/mol. The molecule has 0 atom stereocenters. The maximum atomic E-state index is 14.3. The second kappa shape index (κ2) is 12.3. The summed E-state index contributed by atoms with van der Waals surface area (Å²) in [7, 11) is 3.54. The van der Waals surface area contributed by atoms with Crippen molar-refractivity contribution in [2.75, 3.05) is 14.2 Å². The highest BCUT2D eigenvalue weighted by atomic mass is 35.5. The van der Waals surface area contributed by atoms with E-state index < -0.39 is 0 Å². The maximum Gasteiger partial charge on any atom is 0.266 e. The number of benzene rings is 3. The summed E-state index contributed by atoms with van der Waals surface area (Å²) in [4.78, 5) is 28.5. The van der Waals surface area contributed by atoms with E-state index in [0.29, 0.717) is 28.0 Å². The van der Waals surface area contributed by atoms with Crippen LogP contribution in [0.25, 0.3) is 21.2 Å². The van der Waals surface area contributed by atoms with Gasteiger partial charge in [-0.15, -0.1) is 11.3 Å². The molecule has 0 unspecified atom stereocenters. The first kappa shape index (κ1) is 28.6. The molecule has 5 rings (SSSR count). The maximum absolute atomic E-state index is 14.3. The van der Waals surface area contributed by atoms with Gasteiger partial charge in [-0.25, -0.2) is 4.42 Å². The number of nitrogens with zero attached hydrogens (tertiary/aromatic N) is 2. The predicted octanol–water partition coefficient (Wildman–Crippen LogP) is 8.47. The molecule has 1 aliphatic rings. The average molecular weight is 596 g/mol. The third-order valence-electron chi connectivity index (χ3n) is 7.85. The highest BCUT2D eigenvalue weighted by molar-refractivity contribution is 7.21. The van der Waals surface area contributed by atoms with Gasteiger partial charge in [0.15, 0.2) is 5.78 Å².